The second-order valence-corrected chi connectivity index (χ2v) is 10.6. The summed E-state index contributed by atoms with van der Waals surface area (Å²) in [5.41, 5.74) is 1.54. The van der Waals surface area contributed by atoms with Gasteiger partial charge in [0.25, 0.3) is 11.8 Å². The van der Waals surface area contributed by atoms with Crippen LogP contribution in [-0.2, 0) is 4.79 Å². The lowest BCUT2D eigenvalue weighted by Gasteiger charge is -2.11. The van der Waals surface area contributed by atoms with Crippen molar-refractivity contribution in [2.75, 3.05) is 11.1 Å². The highest BCUT2D eigenvalue weighted by molar-refractivity contribution is 8.00. The van der Waals surface area contributed by atoms with E-state index in [1.54, 1.807) is 60.7 Å². The third kappa shape index (κ3) is 7.57. The summed E-state index contributed by atoms with van der Waals surface area (Å²) < 4.78 is 0. The van der Waals surface area contributed by atoms with Crippen LogP contribution in [0.4, 0.5) is 5.69 Å². The minimum atomic E-state index is -0.453. The van der Waals surface area contributed by atoms with Crippen LogP contribution in [0.25, 0.3) is 6.08 Å². The van der Waals surface area contributed by atoms with Crippen LogP contribution >= 0.6 is 46.3 Å². The SMILES string of the molecule is O=C(Nc1ccc(SCC(=O)c2ccc(Cl)cc2Cl)cc1)/C(=C/c1cccs1)NC(=O)c1ccccc1. The highest BCUT2D eigenvalue weighted by Crippen LogP contribution is 2.26. The molecule has 0 spiro atoms. The molecule has 37 heavy (non-hydrogen) atoms. The van der Waals surface area contributed by atoms with Gasteiger partial charge in [-0.2, -0.15) is 0 Å². The zero-order chi connectivity index (χ0) is 26.2. The van der Waals surface area contributed by atoms with Crippen LogP contribution in [0.3, 0.4) is 0 Å². The Morgan fingerprint density at radius 3 is 2.32 bits per heavy atom. The molecule has 0 saturated carbocycles. The molecule has 2 N–H and O–H groups in total. The number of halogens is 2. The summed E-state index contributed by atoms with van der Waals surface area (Å²) in [4.78, 5) is 39.9. The number of carbonyl (C=O) groups is 3. The van der Waals surface area contributed by atoms with E-state index in [0.717, 1.165) is 9.77 Å². The van der Waals surface area contributed by atoms with Crippen molar-refractivity contribution >= 4 is 75.7 Å². The van der Waals surface area contributed by atoms with Gasteiger partial charge in [0.2, 0.25) is 0 Å². The Hall–Kier alpha value is -3.36. The van der Waals surface area contributed by atoms with Gasteiger partial charge in [-0.3, -0.25) is 14.4 Å². The molecule has 0 radical (unpaired) electrons. The fourth-order valence-electron chi connectivity index (χ4n) is 3.23. The summed E-state index contributed by atoms with van der Waals surface area (Å²) in [7, 11) is 0. The number of hydrogen-bond donors (Lipinski definition) is 2. The summed E-state index contributed by atoms with van der Waals surface area (Å²) in [6.45, 7) is 0. The molecule has 0 unspecified atom stereocenters. The number of Topliss-reactive ketones (excluding diaryl/α,β-unsaturated/α-hetero) is 1. The third-order valence-electron chi connectivity index (χ3n) is 5.07. The van der Waals surface area contributed by atoms with E-state index in [1.165, 1.54) is 23.1 Å². The number of thiophene rings is 1. The van der Waals surface area contributed by atoms with E-state index in [9.17, 15) is 14.4 Å². The van der Waals surface area contributed by atoms with Gasteiger partial charge in [0.15, 0.2) is 5.78 Å². The van der Waals surface area contributed by atoms with Gasteiger partial charge in [-0.25, -0.2) is 0 Å². The molecule has 4 rings (SSSR count). The Kier molecular flexibility index (Phi) is 9.19. The van der Waals surface area contributed by atoms with Crippen LogP contribution in [0.5, 0.6) is 0 Å². The van der Waals surface area contributed by atoms with Gasteiger partial charge in [0, 0.05) is 31.6 Å². The molecular formula is C28H20Cl2N2O3S2. The highest BCUT2D eigenvalue weighted by Gasteiger charge is 2.16. The van der Waals surface area contributed by atoms with E-state index >= 15 is 0 Å². The summed E-state index contributed by atoms with van der Waals surface area (Å²) in [6.07, 6.45) is 1.64. The van der Waals surface area contributed by atoms with Gasteiger partial charge >= 0.3 is 0 Å². The van der Waals surface area contributed by atoms with Crippen molar-refractivity contribution in [1.29, 1.82) is 0 Å². The number of rotatable bonds is 9. The zero-order valence-electron chi connectivity index (χ0n) is 19.2. The number of amides is 2. The van der Waals surface area contributed by atoms with Crippen molar-refractivity contribution in [2.45, 2.75) is 4.90 Å². The zero-order valence-corrected chi connectivity index (χ0v) is 22.4. The Morgan fingerprint density at radius 1 is 0.892 bits per heavy atom. The second kappa shape index (κ2) is 12.7. The molecule has 1 heterocycles. The van der Waals surface area contributed by atoms with Crippen LogP contribution in [0, 0.1) is 0 Å². The van der Waals surface area contributed by atoms with Crippen molar-refractivity contribution in [3.8, 4) is 0 Å². The molecule has 0 aliphatic heterocycles. The molecule has 4 aromatic rings. The Labute approximate surface area is 232 Å². The largest absolute Gasteiger partial charge is 0.321 e. The Bertz CT molecular complexity index is 1440. The van der Waals surface area contributed by atoms with Crippen molar-refractivity contribution in [3.05, 3.63) is 122 Å². The quantitative estimate of drug-likeness (QED) is 0.125. The van der Waals surface area contributed by atoms with Gasteiger partial charge < -0.3 is 10.6 Å². The van der Waals surface area contributed by atoms with E-state index in [-0.39, 0.29) is 23.1 Å². The fourth-order valence-corrected chi connectivity index (χ4v) is 5.19. The van der Waals surface area contributed by atoms with E-state index in [1.807, 2.05) is 35.7 Å². The number of nitrogens with one attached hydrogen (secondary N) is 2. The maximum absolute atomic E-state index is 13.1. The normalized spacial score (nSPS) is 11.1. The lowest BCUT2D eigenvalue weighted by molar-refractivity contribution is -0.113. The average Bonchev–Trinajstić information content (AvgIpc) is 3.41. The lowest BCUT2D eigenvalue weighted by Crippen LogP contribution is -2.30. The fraction of sp³-hybridized carbons (Fsp3) is 0.0357. The predicted molar refractivity (Wildman–Crippen MR) is 153 cm³/mol. The molecule has 5 nitrogen and oxygen atoms in total. The summed E-state index contributed by atoms with van der Waals surface area (Å²) in [5, 5.41) is 8.22. The molecule has 2 amide bonds. The van der Waals surface area contributed by atoms with Crippen molar-refractivity contribution < 1.29 is 14.4 Å². The second-order valence-electron chi connectivity index (χ2n) is 7.71. The number of ketones is 1. The number of benzene rings is 3. The van der Waals surface area contributed by atoms with Gasteiger partial charge in [0.05, 0.1) is 10.8 Å². The van der Waals surface area contributed by atoms with Gasteiger partial charge in [0.1, 0.15) is 5.70 Å². The first kappa shape index (κ1) is 26.7. The number of hydrogen-bond acceptors (Lipinski definition) is 5. The van der Waals surface area contributed by atoms with Gasteiger partial charge in [-0.05, 0) is 72.1 Å². The van der Waals surface area contributed by atoms with Crippen molar-refractivity contribution in [2.24, 2.45) is 0 Å². The minimum Gasteiger partial charge on any atom is -0.321 e. The lowest BCUT2D eigenvalue weighted by atomic mass is 10.1. The molecule has 186 valence electrons. The van der Waals surface area contributed by atoms with Crippen LogP contribution in [0.1, 0.15) is 25.6 Å². The molecule has 0 bridgehead atoms. The monoisotopic (exact) mass is 566 g/mol. The molecule has 0 saturated heterocycles. The predicted octanol–water partition coefficient (Wildman–Crippen LogP) is 7.44. The van der Waals surface area contributed by atoms with E-state index in [4.69, 9.17) is 23.2 Å². The first-order valence-corrected chi connectivity index (χ1v) is 13.7. The van der Waals surface area contributed by atoms with Crippen LogP contribution in [-0.4, -0.2) is 23.4 Å². The van der Waals surface area contributed by atoms with Crippen molar-refractivity contribution in [1.82, 2.24) is 5.32 Å². The number of carbonyl (C=O) groups excluding carboxylic acids is 3. The summed E-state index contributed by atoms with van der Waals surface area (Å²) >= 11 is 14.8. The van der Waals surface area contributed by atoms with Gasteiger partial charge in [-0.15, -0.1) is 23.1 Å². The van der Waals surface area contributed by atoms with Crippen LogP contribution in [0.15, 0.2) is 101 Å². The smallest absolute Gasteiger partial charge is 0.272 e. The molecule has 0 aliphatic carbocycles. The summed E-state index contributed by atoms with van der Waals surface area (Å²) in [6, 6.07) is 24.3. The standard InChI is InChI=1S/C28H20Cl2N2O3S2/c29-19-8-13-23(24(30)15-19)26(33)17-37-21-11-9-20(10-12-21)31-28(35)25(16-22-7-4-14-36-22)32-27(34)18-5-2-1-3-6-18/h1-16H,17H2,(H,31,35)(H,32,34)/b25-16-. The Morgan fingerprint density at radius 2 is 1.65 bits per heavy atom. The topological polar surface area (TPSA) is 75.3 Å². The van der Waals surface area contributed by atoms with Crippen molar-refractivity contribution in [3.63, 3.8) is 0 Å². The van der Waals surface area contributed by atoms with E-state index in [0.29, 0.717) is 26.9 Å². The van der Waals surface area contributed by atoms with Gasteiger partial charge in [-0.1, -0.05) is 47.5 Å². The molecule has 0 atom stereocenters. The number of thioether (sulfide) groups is 1. The first-order chi connectivity index (χ1) is 17.9. The van der Waals surface area contributed by atoms with E-state index in [2.05, 4.69) is 10.6 Å². The molecule has 0 fully saturated rings. The molecule has 1 aromatic heterocycles. The first-order valence-electron chi connectivity index (χ1n) is 11.0. The van der Waals surface area contributed by atoms with E-state index < -0.39 is 5.91 Å². The van der Waals surface area contributed by atoms with Crippen LogP contribution in [0.2, 0.25) is 10.0 Å². The summed E-state index contributed by atoms with van der Waals surface area (Å²) in [5.74, 6) is -0.741. The molecule has 9 heteroatoms. The highest BCUT2D eigenvalue weighted by atomic mass is 35.5. The maximum atomic E-state index is 13.1. The molecule has 3 aromatic carbocycles. The maximum Gasteiger partial charge on any atom is 0.272 e. The average molecular weight is 568 g/mol. The third-order valence-corrected chi connectivity index (χ3v) is 7.45. The Balaban J connectivity index is 1.40. The molecule has 0 aliphatic rings. The molecular weight excluding hydrogens is 547 g/mol. The number of anilines is 1. The van der Waals surface area contributed by atoms with Crippen LogP contribution < -0.4 is 10.6 Å². The minimum absolute atomic E-state index is 0.110.